The Balaban J connectivity index is 1.97. The molecule has 1 atom stereocenters. The second-order valence-electron chi connectivity index (χ2n) is 5.17. The van der Waals surface area contributed by atoms with Crippen molar-refractivity contribution in [1.29, 1.82) is 0 Å². The monoisotopic (exact) mass is 246 g/mol. The first-order valence-electron chi connectivity index (χ1n) is 6.71. The fourth-order valence-electron chi connectivity index (χ4n) is 2.58. The average Bonchev–Trinajstić information content (AvgIpc) is 2.41. The summed E-state index contributed by atoms with van der Waals surface area (Å²) in [7, 11) is 0. The van der Waals surface area contributed by atoms with Gasteiger partial charge in [0.1, 0.15) is 0 Å². The largest absolute Gasteiger partial charge is 0.411 e. The second kappa shape index (κ2) is 6.01. The Morgan fingerprint density at radius 2 is 2.06 bits per heavy atom. The Bertz CT molecular complexity index is 411. The second-order valence-corrected chi connectivity index (χ2v) is 5.17. The minimum absolute atomic E-state index is 0.411. The van der Waals surface area contributed by atoms with Gasteiger partial charge in [-0.3, -0.25) is 4.90 Å². The number of benzene rings is 1. The van der Waals surface area contributed by atoms with Crippen LogP contribution in [-0.4, -0.2) is 28.9 Å². The summed E-state index contributed by atoms with van der Waals surface area (Å²) < 4.78 is 0. The topological polar surface area (TPSA) is 35.8 Å². The van der Waals surface area contributed by atoms with Crippen LogP contribution in [0.5, 0.6) is 0 Å². The number of nitrogens with zero attached hydrogens (tertiary/aromatic N) is 2. The van der Waals surface area contributed by atoms with Crippen LogP contribution in [-0.2, 0) is 6.54 Å². The molecule has 1 heterocycles. The smallest absolute Gasteiger partial charge is 0.0627 e. The van der Waals surface area contributed by atoms with Crippen molar-refractivity contribution in [2.24, 2.45) is 11.1 Å². The van der Waals surface area contributed by atoms with Gasteiger partial charge in [-0.25, -0.2) is 0 Å². The number of hydrogen-bond donors (Lipinski definition) is 1. The van der Waals surface area contributed by atoms with Gasteiger partial charge in [-0.2, -0.15) is 0 Å². The normalized spacial score (nSPS) is 23.4. The number of hydrogen-bond acceptors (Lipinski definition) is 3. The Kier molecular flexibility index (Phi) is 4.37. The van der Waals surface area contributed by atoms with E-state index >= 15 is 0 Å². The molecule has 1 unspecified atom stereocenters. The van der Waals surface area contributed by atoms with Crippen molar-refractivity contribution in [2.75, 3.05) is 13.1 Å². The molecule has 0 radical (unpaired) electrons. The molecular formula is C15H22N2O. The summed E-state index contributed by atoms with van der Waals surface area (Å²) in [6.07, 6.45) is 1.94. The number of aryl methyl sites for hydroxylation is 1. The molecule has 1 aliphatic heterocycles. The van der Waals surface area contributed by atoms with E-state index in [1.54, 1.807) is 0 Å². The number of rotatable bonds is 3. The number of likely N-dealkylation sites (tertiary alicyclic amines) is 1. The van der Waals surface area contributed by atoms with E-state index in [1.165, 1.54) is 11.1 Å². The van der Waals surface area contributed by atoms with E-state index in [-0.39, 0.29) is 0 Å². The first-order chi connectivity index (χ1) is 8.72. The summed E-state index contributed by atoms with van der Waals surface area (Å²) in [6.45, 7) is 7.26. The van der Waals surface area contributed by atoms with Crippen LogP contribution in [0.1, 0.15) is 30.9 Å². The van der Waals surface area contributed by atoms with E-state index in [1.807, 2.05) is 0 Å². The highest BCUT2D eigenvalue weighted by Crippen LogP contribution is 2.19. The Morgan fingerprint density at radius 1 is 1.33 bits per heavy atom. The first-order valence-corrected chi connectivity index (χ1v) is 6.71. The molecule has 18 heavy (non-hydrogen) atoms. The summed E-state index contributed by atoms with van der Waals surface area (Å²) >= 11 is 0. The fourth-order valence-corrected chi connectivity index (χ4v) is 2.58. The maximum atomic E-state index is 8.97. The third-order valence-corrected chi connectivity index (χ3v) is 3.78. The third-order valence-electron chi connectivity index (χ3n) is 3.78. The molecule has 0 spiro atoms. The molecule has 1 N–H and O–H groups in total. The molecule has 1 aromatic carbocycles. The summed E-state index contributed by atoms with van der Waals surface area (Å²) in [5.41, 5.74) is 3.64. The fraction of sp³-hybridized carbons (Fsp3) is 0.533. The van der Waals surface area contributed by atoms with E-state index in [0.29, 0.717) is 5.92 Å². The lowest BCUT2D eigenvalue weighted by molar-refractivity contribution is 0.220. The zero-order chi connectivity index (χ0) is 13.0. The SMILES string of the molecule is CCC1CN(Cc2ccc(C)cc2)CC/C1=N\O. The van der Waals surface area contributed by atoms with E-state index < -0.39 is 0 Å². The van der Waals surface area contributed by atoms with Gasteiger partial charge in [0, 0.05) is 32.0 Å². The van der Waals surface area contributed by atoms with Gasteiger partial charge in [0.05, 0.1) is 5.71 Å². The van der Waals surface area contributed by atoms with Crippen molar-refractivity contribution >= 4 is 5.71 Å². The van der Waals surface area contributed by atoms with Crippen LogP contribution in [0.2, 0.25) is 0 Å². The summed E-state index contributed by atoms with van der Waals surface area (Å²) in [4.78, 5) is 2.45. The Morgan fingerprint density at radius 3 is 2.67 bits per heavy atom. The summed E-state index contributed by atoms with van der Waals surface area (Å²) in [6, 6.07) is 8.73. The molecule has 0 amide bonds. The maximum Gasteiger partial charge on any atom is 0.0627 e. The summed E-state index contributed by atoms with van der Waals surface area (Å²) in [5.74, 6) is 0.411. The maximum absolute atomic E-state index is 8.97. The lowest BCUT2D eigenvalue weighted by Crippen LogP contribution is -2.40. The van der Waals surface area contributed by atoms with Gasteiger partial charge in [-0.05, 0) is 18.9 Å². The minimum atomic E-state index is 0.411. The van der Waals surface area contributed by atoms with Gasteiger partial charge in [-0.1, -0.05) is 41.9 Å². The van der Waals surface area contributed by atoms with Crippen molar-refractivity contribution in [3.8, 4) is 0 Å². The quantitative estimate of drug-likeness (QED) is 0.657. The molecule has 1 aliphatic rings. The number of piperidine rings is 1. The molecule has 0 aromatic heterocycles. The van der Waals surface area contributed by atoms with Crippen LogP contribution in [0.4, 0.5) is 0 Å². The zero-order valence-corrected chi connectivity index (χ0v) is 11.3. The highest BCUT2D eigenvalue weighted by Gasteiger charge is 2.24. The van der Waals surface area contributed by atoms with Crippen LogP contribution >= 0.6 is 0 Å². The molecule has 2 rings (SSSR count). The van der Waals surface area contributed by atoms with Crippen molar-refractivity contribution in [1.82, 2.24) is 4.90 Å². The lowest BCUT2D eigenvalue weighted by Gasteiger charge is -2.32. The van der Waals surface area contributed by atoms with Crippen LogP contribution in [0.25, 0.3) is 0 Å². The highest BCUT2D eigenvalue weighted by atomic mass is 16.4. The van der Waals surface area contributed by atoms with E-state index in [4.69, 9.17) is 5.21 Å². The van der Waals surface area contributed by atoms with Crippen molar-refractivity contribution < 1.29 is 5.21 Å². The van der Waals surface area contributed by atoms with Crippen LogP contribution in [0.3, 0.4) is 0 Å². The standard InChI is InChI=1S/C15H22N2O/c1-3-14-11-17(9-8-15(14)16-18)10-13-6-4-12(2)5-7-13/h4-7,14,18H,3,8-11H2,1-2H3/b16-15+. The first kappa shape index (κ1) is 13.1. The van der Waals surface area contributed by atoms with Crippen molar-refractivity contribution in [3.05, 3.63) is 35.4 Å². The highest BCUT2D eigenvalue weighted by molar-refractivity contribution is 5.87. The van der Waals surface area contributed by atoms with Gasteiger partial charge in [0.15, 0.2) is 0 Å². The van der Waals surface area contributed by atoms with Crippen LogP contribution in [0.15, 0.2) is 29.4 Å². The van der Waals surface area contributed by atoms with Gasteiger partial charge in [0.25, 0.3) is 0 Å². The Labute approximate surface area is 109 Å². The molecule has 1 aromatic rings. The molecular weight excluding hydrogens is 224 g/mol. The molecule has 98 valence electrons. The van der Waals surface area contributed by atoms with E-state index in [2.05, 4.69) is 48.2 Å². The molecule has 3 heteroatoms. The van der Waals surface area contributed by atoms with E-state index in [0.717, 1.165) is 38.2 Å². The van der Waals surface area contributed by atoms with Crippen LogP contribution < -0.4 is 0 Å². The van der Waals surface area contributed by atoms with Crippen molar-refractivity contribution in [2.45, 2.75) is 33.2 Å². The van der Waals surface area contributed by atoms with E-state index in [9.17, 15) is 0 Å². The molecule has 1 fully saturated rings. The molecule has 0 aliphatic carbocycles. The van der Waals surface area contributed by atoms with Gasteiger partial charge >= 0.3 is 0 Å². The molecule has 1 saturated heterocycles. The predicted octanol–water partition coefficient (Wildman–Crippen LogP) is 3.06. The van der Waals surface area contributed by atoms with Gasteiger partial charge in [0.2, 0.25) is 0 Å². The van der Waals surface area contributed by atoms with Crippen LogP contribution in [0, 0.1) is 12.8 Å². The molecule has 3 nitrogen and oxygen atoms in total. The lowest BCUT2D eigenvalue weighted by atomic mass is 9.93. The molecule has 0 bridgehead atoms. The predicted molar refractivity (Wildman–Crippen MR) is 74.1 cm³/mol. The van der Waals surface area contributed by atoms with Gasteiger partial charge in [-0.15, -0.1) is 0 Å². The van der Waals surface area contributed by atoms with Crippen molar-refractivity contribution in [3.63, 3.8) is 0 Å². The minimum Gasteiger partial charge on any atom is -0.411 e. The number of oxime groups is 1. The van der Waals surface area contributed by atoms with Gasteiger partial charge < -0.3 is 5.21 Å². The zero-order valence-electron chi connectivity index (χ0n) is 11.3. The summed E-state index contributed by atoms with van der Waals surface area (Å²) in [5, 5.41) is 12.4. The molecule has 0 saturated carbocycles. The third kappa shape index (κ3) is 3.10. The Hall–Kier alpha value is -1.35. The average molecular weight is 246 g/mol.